The summed E-state index contributed by atoms with van der Waals surface area (Å²) in [5.41, 5.74) is 3.46. The number of hydrogen-bond donors (Lipinski definition) is 3. The third-order valence-electron chi connectivity index (χ3n) is 5.32. The van der Waals surface area contributed by atoms with E-state index in [2.05, 4.69) is 39.9 Å². The Balaban J connectivity index is 1.57. The molecule has 1 aliphatic heterocycles. The Morgan fingerprint density at radius 3 is 2.64 bits per heavy atom. The maximum Gasteiger partial charge on any atom is 0.324 e. The number of hydrogen-bond acceptors (Lipinski definition) is 3. The fourth-order valence-electron chi connectivity index (χ4n) is 3.77. The number of benzene rings is 2. The van der Waals surface area contributed by atoms with E-state index >= 15 is 0 Å². The monoisotopic (exact) mass is 376 g/mol. The minimum Gasteiger partial charge on any atom is -0.361 e. The van der Waals surface area contributed by atoms with Crippen molar-refractivity contribution >= 4 is 22.8 Å². The molecular weight excluding hydrogens is 352 g/mol. The minimum atomic E-state index is -0.444. The van der Waals surface area contributed by atoms with Crippen molar-refractivity contribution in [3.63, 3.8) is 0 Å². The molecule has 2 aromatic carbocycles. The quantitative estimate of drug-likeness (QED) is 0.619. The molecule has 6 nitrogen and oxygen atoms in total. The van der Waals surface area contributed by atoms with E-state index in [4.69, 9.17) is 0 Å². The smallest absolute Gasteiger partial charge is 0.324 e. The maximum absolute atomic E-state index is 12.6. The first-order chi connectivity index (χ1) is 13.6. The van der Waals surface area contributed by atoms with Gasteiger partial charge in [-0.3, -0.25) is 9.69 Å². The number of carbonyl (C=O) groups is 2. The van der Waals surface area contributed by atoms with Crippen molar-refractivity contribution < 1.29 is 9.59 Å². The second-order valence-corrected chi connectivity index (χ2v) is 7.10. The van der Waals surface area contributed by atoms with Gasteiger partial charge in [0, 0.05) is 42.7 Å². The third-order valence-corrected chi connectivity index (χ3v) is 5.32. The molecule has 3 amide bonds. The zero-order chi connectivity index (χ0) is 19.5. The number of H-pyrrole nitrogens is 1. The van der Waals surface area contributed by atoms with Crippen molar-refractivity contribution in [1.29, 1.82) is 0 Å². The van der Waals surface area contributed by atoms with E-state index in [9.17, 15) is 9.59 Å². The van der Waals surface area contributed by atoms with Gasteiger partial charge in [0.2, 0.25) is 5.91 Å². The summed E-state index contributed by atoms with van der Waals surface area (Å²) in [5, 5.41) is 7.20. The van der Waals surface area contributed by atoms with Crippen LogP contribution in [0.5, 0.6) is 0 Å². The van der Waals surface area contributed by atoms with Crippen LogP contribution in [0.4, 0.5) is 4.79 Å². The van der Waals surface area contributed by atoms with E-state index < -0.39 is 6.04 Å². The zero-order valence-electron chi connectivity index (χ0n) is 15.8. The number of rotatable bonds is 6. The largest absolute Gasteiger partial charge is 0.361 e. The molecule has 0 saturated carbocycles. The molecular formula is C22H24N4O2. The van der Waals surface area contributed by atoms with Crippen LogP contribution in [-0.2, 0) is 4.79 Å². The maximum atomic E-state index is 12.6. The summed E-state index contributed by atoms with van der Waals surface area (Å²) >= 11 is 0. The van der Waals surface area contributed by atoms with Gasteiger partial charge < -0.3 is 15.6 Å². The van der Waals surface area contributed by atoms with Gasteiger partial charge in [0.05, 0.1) is 6.04 Å². The van der Waals surface area contributed by atoms with Crippen molar-refractivity contribution in [1.82, 2.24) is 20.5 Å². The lowest BCUT2D eigenvalue weighted by molar-refractivity contribution is -0.129. The van der Waals surface area contributed by atoms with Crippen LogP contribution in [0, 0.1) is 0 Å². The van der Waals surface area contributed by atoms with Crippen LogP contribution in [0.2, 0.25) is 0 Å². The number of aromatic nitrogens is 1. The summed E-state index contributed by atoms with van der Waals surface area (Å²) in [4.78, 5) is 29.0. The first-order valence-corrected chi connectivity index (χ1v) is 9.58. The number of nitrogens with one attached hydrogen (secondary N) is 3. The number of amides is 3. The summed E-state index contributed by atoms with van der Waals surface area (Å²) < 4.78 is 0. The second-order valence-electron chi connectivity index (χ2n) is 7.10. The van der Waals surface area contributed by atoms with Crippen LogP contribution in [0.15, 0.2) is 60.8 Å². The zero-order valence-corrected chi connectivity index (χ0v) is 15.8. The van der Waals surface area contributed by atoms with Crippen LogP contribution in [-0.4, -0.2) is 47.5 Å². The van der Waals surface area contributed by atoms with E-state index in [1.165, 1.54) is 21.4 Å². The molecule has 2 atom stereocenters. The molecule has 1 aromatic heterocycles. The molecule has 3 aromatic rings. The standard InChI is InChI=1S/C22H24N4O2/c1-15(21(27)26-12-11-23-22(26)28)24-13-18(16-7-3-2-4-8-16)19-14-25-20-10-6-5-9-17(19)20/h2-10,14-15,18,24-25H,11-13H2,1H3,(H,23,28)/t15-,18-/m1/s1. The number of carbonyl (C=O) groups excluding carboxylic acids is 2. The number of para-hydroxylation sites is 1. The van der Waals surface area contributed by atoms with Gasteiger partial charge in [-0.2, -0.15) is 0 Å². The molecule has 0 bridgehead atoms. The van der Waals surface area contributed by atoms with Gasteiger partial charge in [-0.05, 0) is 24.1 Å². The Labute approximate surface area is 163 Å². The summed E-state index contributed by atoms with van der Waals surface area (Å²) in [7, 11) is 0. The number of fused-ring (bicyclic) bond motifs is 1. The molecule has 6 heteroatoms. The molecule has 0 spiro atoms. The topological polar surface area (TPSA) is 77.2 Å². The summed E-state index contributed by atoms with van der Waals surface area (Å²) in [6.07, 6.45) is 2.05. The summed E-state index contributed by atoms with van der Waals surface area (Å²) in [6.45, 7) is 3.34. The second kappa shape index (κ2) is 7.86. The van der Waals surface area contributed by atoms with Crippen molar-refractivity contribution in [3.8, 4) is 0 Å². The van der Waals surface area contributed by atoms with E-state index in [1.807, 2.05) is 43.5 Å². The van der Waals surface area contributed by atoms with Crippen LogP contribution in [0.25, 0.3) is 10.9 Å². The molecule has 28 heavy (non-hydrogen) atoms. The Hall–Kier alpha value is -3.12. The van der Waals surface area contributed by atoms with Gasteiger partial charge in [0.15, 0.2) is 0 Å². The van der Waals surface area contributed by atoms with E-state index in [1.54, 1.807) is 0 Å². The average Bonchev–Trinajstić information content (AvgIpc) is 3.35. The Bertz CT molecular complexity index is 982. The molecule has 144 valence electrons. The van der Waals surface area contributed by atoms with Gasteiger partial charge in [0.1, 0.15) is 0 Å². The third kappa shape index (κ3) is 3.51. The first-order valence-electron chi connectivity index (χ1n) is 9.58. The molecule has 0 radical (unpaired) electrons. The van der Waals surface area contributed by atoms with Crippen molar-refractivity contribution in [2.75, 3.05) is 19.6 Å². The van der Waals surface area contributed by atoms with E-state index in [0.29, 0.717) is 19.6 Å². The van der Waals surface area contributed by atoms with Gasteiger partial charge in [-0.15, -0.1) is 0 Å². The van der Waals surface area contributed by atoms with Crippen LogP contribution < -0.4 is 10.6 Å². The summed E-state index contributed by atoms with van der Waals surface area (Å²) in [6, 6.07) is 17.7. The predicted molar refractivity (Wildman–Crippen MR) is 109 cm³/mol. The van der Waals surface area contributed by atoms with Gasteiger partial charge in [-0.25, -0.2) is 4.79 Å². The molecule has 1 aliphatic rings. The molecule has 0 aliphatic carbocycles. The Morgan fingerprint density at radius 2 is 1.89 bits per heavy atom. The molecule has 1 saturated heterocycles. The van der Waals surface area contributed by atoms with Gasteiger partial charge in [-0.1, -0.05) is 48.5 Å². The lowest BCUT2D eigenvalue weighted by atomic mass is 9.90. The van der Waals surface area contributed by atoms with E-state index in [-0.39, 0.29) is 17.9 Å². The highest BCUT2D eigenvalue weighted by atomic mass is 16.2. The SMILES string of the molecule is C[C@@H](NC[C@H](c1ccccc1)c1c[nH]c2ccccc12)C(=O)N1CCNC1=O. The molecule has 4 rings (SSSR count). The highest BCUT2D eigenvalue weighted by Gasteiger charge is 2.30. The van der Waals surface area contributed by atoms with Gasteiger partial charge in [0.25, 0.3) is 0 Å². The average molecular weight is 376 g/mol. The van der Waals surface area contributed by atoms with Crippen molar-refractivity contribution in [2.45, 2.75) is 18.9 Å². The summed E-state index contributed by atoms with van der Waals surface area (Å²) in [5.74, 6) is -0.110. The fourth-order valence-corrected chi connectivity index (χ4v) is 3.77. The fraction of sp³-hybridized carbons (Fsp3) is 0.273. The number of imide groups is 1. The lowest BCUT2D eigenvalue weighted by Crippen LogP contribution is -2.47. The van der Waals surface area contributed by atoms with Crippen molar-refractivity contribution in [3.05, 3.63) is 71.9 Å². The molecule has 3 N–H and O–H groups in total. The van der Waals surface area contributed by atoms with Gasteiger partial charge >= 0.3 is 6.03 Å². The highest BCUT2D eigenvalue weighted by Crippen LogP contribution is 2.30. The van der Waals surface area contributed by atoms with Crippen LogP contribution >= 0.6 is 0 Å². The number of aromatic amines is 1. The molecule has 0 unspecified atom stereocenters. The minimum absolute atomic E-state index is 0.0833. The Morgan fingerprint density at radius 1 is 1.14 bits per heavy atom. The predicted octanol–water partition coefficient (Wildman–Crippen LogP) is 2.83. The van der Waals surface area contributed by atoms with Crippen LogP contribution in [0.1, 0.15) is 24.0 Å². The number of nitrogens with zero attached hydrogens (tertiary/aromatic N) is 1. The molecule has 2 heterocycles. The Kier molecular flexibility index (Phi) is 5.12. The van der Waals surface area contributed by atoms with Crippen molar-refractivity contribution in [2.24, 2.45) is 0 Å². The normalized spacial score (nSPS) is 16.2. The first kappa shape index (κ1) is 18.3. The molecule has 1 fully saturated rings. The van der Waals surface area contributed by atoms with Crippen LogP contribution in [0.3, 0.4) is 0 Å². The van der Waals surface area contributed by atoms with E-state index in [0.717, 1.165) is 5.52 Å². The highest BCUT2D eigenvalue weighted by molar-refractivity contribution is 5.98. The lowest BCUT2D eigenvalue weighted by Gasteiger charge is -2.23. The number of urea groups is 1.